The first-order valence-corrected chi connectivity index (χ1v) is 8.55. The molecule has 0 bridgehead atoms. The van der Waals surface area contributed by atoms with Gasteiger partial charge in [-0.15, -0.1) is 0 Å². The second-order valence-electron chi connectivity index (χ2n) is 6.00. The summed E-state index contributed by atoms with van der Waals surface area (Å²) >= 11 is 0. The molecule has 2 heterocycles. The molecule has 0 atom stereocenters. The average molecular weight is 328 g/mol. The van der Waals surface area contributed by atoms with Crippen LogP contribution in [0.25, 0.3) is 10.9 Å². The number of amides is 3. The largest absolute Gasteiger partial charge is 0.351 e. The molecular weight excluding hydrogens is 304 g/mol. The van der Waals surface area contributed by atoms with Gasteiger partial charge in [0.05, 0.1) is 0 Å². The molecule has 0 spiro atoms. The Labute approximate surface area is 142 Å². The molecule has 0 unspecified atom stereocenters. The maximum absolute atomic E-state index is 12.7. The first-order valence-electron chi connectivity index (χ1n) is 8.55. The molecule has 1 aliphatic rings. The van der Waals surface area contributed by atoms with Gasteiger partial charge in [-0.3, -0.25) is 4.79 Å². The van der Waals surface area contributed by atoms with E-state index in [1.807, 2.05) is 58.9 Å². The molecular formula is C18H24N4O2. The Morgan fingerprint density at radius 2 is 1.67 bits per heavy atom. The number of piperazine rings is 1. The summed E-state index contributed by atoms with van der Waals surface area (Å²) in [7, 11) is 0. The van der Waals surface area contributed by atoms with Crippen molar-refractivity contribution in [3.8, 4) is 0 Å². The number of H-pyrrole nitrogens is 1. The smallest absolute Gasteiger partial charge is 0.320 e. The number of hydrogen-bond acceptors (Lipinski definition) is 2. The quantitative estimate of drug-likeness (QED) is 0.940. The van der Waals surface area contributed by atoms with Crippen molar-refractivity contribution in [2.75, 3.05) is 39.3 Å². The number of aromatic amines is 1. The number of benzene rings is 1. The van der Waals surface area contributed by atoms with Crippen LogP contribution >= 0.6 is 0 Å². The van der Waals surface area contributed by atoms with Gasteiger partial charge in [0.25, 0.3) is 5.91 Å². The Morgan fingerprint density at radius 1 is 1.04 bits per heavy atom. The molecule has 0 saturated carbocycles. The van der Waals surface area contributed by atoms with Crippen LogP contribution in [-0.2, 0) is 0 Å². The van der Waals surface area contributed by atoms with Gasteiger partial charge in [0, 0.05) is 50.2 Å². The maximum Gasteiger partial charge on any atom is 0.320 e. The second kappa shape index (κ2) is 6.95. The van der Waals surface area contributed by atoms with Crippen LogP contribution in [0.2, 0.25) is 0 Å². The van der Waals surface area contributed by atoms with Crippen molar-refractivity contribution in [3.05, 3.63) is 36.0 Å². The van der Waals surface area contributed by atoms with Crippen LogP contribution in [-0.4, -0.2) is 70.9 Å². The van der Waals surface area contributed by atoms with E-state index in [0.717, 1.165) is 10.9 Å². The predicted molar refractivity (Wildman–Crippen MR) is 94.1 cm³/mol. The van der Waals surface area contributed by atoms with Crippen LogP contribution in [0.1, 0.15) is 24.3 Å². The zero-order chi connectivity index (χ0) is 17.1. The highest BCUT2D eigenvalue weighted by Gasteiger charge is 2.27. The van der Waals surface area contributed by atoms with E-state index in [9.17, 15) is 9.59 Å². The van der Waals surface area contributed by atoms with E-state index in [0.29, 0.717) is 45.0 Å². The molecule has 3 amide bonds. The van der Waals surface area contributed by atoms with Crippen molar-refractivity contribution in [1.82, 2.24) is 19.7 Å². The topological polar surface area (TPSA) is 59.7 Å². The van der Waals surface area contributed by atoms with Crippen molar-refractivity contribution in [2.45, 2.75) is 13.8 Å². The third-order valence-corrected chi connectivity index (χ3v) is 4.63. The predicted octanol–water partition coefficient (Wildman–Crippen LogP) is 2.39. The number of fused-ring (bicyclic) bond motifs is 1. The van der Waals surface area contributed by atoms with Gasteiger partial charge in [-0.25, -0.2) is 4.79 Å². The average Bonchev–Trinajstić information content (AvgIpc) is 3.06. The van der Waals surface area contributed by atoms with E-state index in [-0.39, 0.29) is 11.9 Å². The summed E-state index contributed by atoms with van der Waals surface area (Å²) in [5.74, 6) is 0.00105. The van der Waals surface area contributed by atoms with Gasteiger partial charge in [-0.05, 0) is 26.0 Å². The van der Waals surface area contributed by atoms with Crippen molar-refractivity contribution < 1.29 is 9.59 Å². The van der Waals surface area contributed by atoms with E-state index in [1.54, 1.807) is 0 Å². The molecule has 1 aromatic carbocycles. The third-order valence-electron chi connectivity index (χ3n) is 4.63. The third kappa shape index (κ3) is 3.09. The Balaban J connectivity index is 1.64. The van der Waals surface area contributed by atoms with E-state index < -0.39 is 0 Å². The van der Waals surface area contributed by atoms with Crippen molar-refractivity contribution in [3.63, 3.8) is 0 Å². The van der Waals surface area contributed by atoms with Gasteiger partial charge in [-0.1, -0.05) is 18.2 Å². The molecule has 1 saturated heterocycles. The number of hydrogen-bond donors (Lipinski definition) is 1. The summed E-state index contributed by atoms with van der Waals surface area (Å²) in [4.78, 5) is 33.7. The molecule has 6 heteroatoms. The maximum atomic E-state index is 12.7. The number of nitrogens with zero attached hydrogens (tertiary/aromatic N) is 3. The van der Waals surface area contributed by atoms with E-state index in [4.69, 9.17) is 0 Å². The lowest BCUT2D eigenvalue weighted by Gasteiger charge is -2.37. The molecule has 3 rings (SSSR count). The lowest BCUT2D eigenvalue weighted by Crippen LogP contribution is -2.54. The highest BCUT2D eigenvalue weighted by atomic mass is 16.2. The fraction of sp³-hybridized carbons (Fsp3) is 0.444. The zero-order valence-corrected chi connectivity index (χ0v) is 14.3. The highest BCUT2D eigenvalue weighted by molar-refractivity contribution is 5.98. The Kier molecular flexibility index (Phi) is 4.74. The van der Waals surface area contributed by atoms with Crippen LogP contribution in [0.4, 0.5) is 4.79 Å². The first kappa shape index (κ1) is 16.4. The van der Waals surface area contributed by atoms with E-state index in [2.05, 4.69) is 4.98 Å². The fourth-order valence-corrected chi connectivity index (χ4v) is 3.15. The Morgan fingerprint density at radius 3 is 2.29 bits per heavy atom. The summed E-state index contributed by atoms with van der Waals surface area (Å²) in [6.45, 7) is 7.70. The van der Waals surface area contributed by atoms with Gasteiger partial charge in [0.1, 0.15) is 5.69 Å². The van der Waals surface area contributed by atoms with Crippen LogP contribution in [0.15, 0.2) is 30.3 Å². The normalized spacial score (nSPS) is 14.9. The second-order valence-corrected chi connectivity index (χ2v) is 6.00. The molecule has 24 heavy (non-hydrogen) atoms. The van der Waals surface area contributed by atoms with Gasteiger partial charge >= 0.3 is 6.03 Å². The van der Waals surface area contributed by atoms with Crippen LogP contribution in [0.3, 0.4) is 0 Å². The first-order chi connectivity index (χ1) is 11.6. The number of nitrogens with one attached hydrogen (secondary N) is 1. The van der Waals surface area contributed by atoms with Crippen molar-refractivity contribution >= 4 is 22.8 Å². The standard InChI is InChI=1S/C18H24N4O2/c1-3-20(4-2)18(24)22-11-9-21(10-12-22)17(23)16-13-14-7-5-6-8-15(14)19-16/h5-8,13,19H,3-4,9-12H2,1-2H3. The minimum Gasteiger partial charge on any atom is -0.351 e. The summed E-state index contributed by atoms with van der Waals surface area (Å²) in [5.41, 5.74) is 1.58. The minimum atomic E-state index is 0.00105. The molecule has 0 radical (unpaired) electrons. The van der Waals surface area contributed by atoms with E-state index >= 15 is 0 Å². The lowest BCUT2D eigenvalue weighted by atomic mass is 10.2. The number of carbonyl (C=O) groups excluding carboxylic acids is 2. The molecule has 2 aromatic rings. The molecule has 1 N–H and O–H groups in total. The van der Waals surface area contributed by atoms with Crippen molar-refractivity contribution in [1.29, 1.82) is 0 Å². The van der Waals surface area contributed by atoms with Gasteiger partial charge in [0.2, 0.25) is 0 Å². The van der Waals surface area contributed by atoms with Crippen molar-refractivity contribution in [2.24, 2.45) is 0 Å². The monoisotopic (exact) mass is 328 g/mol. The Bertz CT molecular complexity index is 694. The molecule has 1 fully saturated rings. The number of urea groups is 1. The van der Waals surface area contributed by atoms with Gasteiger partial charge < -0.3 is 19.7 Å². The summed E-state index contributed by atoms with van der Waals surface area (Å²) < 4.78 is 0. The number of aromatic nitrogens is 1. The molecule has 0 aliphatic carbocycles. The SMILES string of the molecule is CCN(CC)C(=O)N1CCN(C(=O)c2cc3ccccc3[nH]2)CC1. The van der Waals surface area contributed by atoms with Crippen LogP contribution in [0.5, 0.6) is 0 Å². The minimum absolute atomic E-state index is 0.00105. The number of para-hydroxylation sites is 1. The highest BCUT2D eigenvalue weighted by Crippen LogP contribution is 2.17. The van der Waals surface area contributed by atoms with E-state index in [1.165, 1.54) is 0 Å². The molecule has 1 aliphatic heterocycles. The fourth-order valence-electron chi connectivity index (χ4n) is 3.15. The molecule has 128 valence electrons. The lowest BCUT2D eigenvalue weighted by molar-refractivity contribution is 0.0637. The van der Waals surface area contributed by atoms with Gasteiger partial charge in [0.15, 0.2) is 0 Å². The molecule has 1 aromatic heterocycles. The summed E-state index contributed by atoms with van der Waals surface area (Å²) in [5, 5.41) is 1.04. The Hall–Kier alpha value is -2.50. The van der Waals surface area contributed by atoms with Gasteiger partial charge in [-0.2, -0.15) is 0 Å². The number of rotatable bonds is 3. The van der Waals surface area contributed by atoms with Crippen LogP contribution < -0.4 is 0 Å². The zero-order valence-electron chi connectivity index (χ0n) is 14.3. The molecule has 6 nitrogen and oxygen atoms in total. The summed E-state index contributed by atoms with van der Waals surface area (Å²) in [6.07, 6.45) is 0. The van der Waals surface area contributed by atoms with Crippen LogP contribution in [0, 0.1) is 0 Å². The summed E-state index contributed by atoms with van der Waals surface area (Å²) in [6, 6.07) is 9.83. The number of carbonyl (C=O) groups is 2.